The van der Waals surface area contributed by atoms with Crippen molar-refractivity contribution >= 4 is 23.4 Å². The molecular formula is C16H19N3O4. The Balaban J connectivity index is 1.85. The number of imide groups is 1. The van der Waals surface area contributed by atoms with Crippen LogP contribution in [0.25, 0.3) is 0 Å². The molecule has 7 nitrogen and oxygen atoms in total. The fourth-order valence-electron chi connectivity index (χ4n) is 2.29. The lowest BCUT2D eigenvalue weighted by atomic mass is 10.1. The third kappa shape index (κ3) is 4.24. The molecule has 1 aromatic rings. The maximum absolute atomic E-state index is 11.6. The number of nitrogens with zero attached hydrogens (tertiary/aromatic N) is 2. The summed E-state index contributed by atoms with van der Waals surface area (Å²) in [5, 5.41) is 9.73. The highest BCUT2D eigenvalue weighted by Gasteiger charge is 2.24. The van der Waals surface area contributed by atoms with Crippen LogP contribution in [0.4, 0.5) is 5.69 Å². The van der Waals surface area contributed by atoms with Gasteiger partial charge in [-0.1, -0.05) is 12.1 Å². The molecule has 1 heterocycles. The summed E-state index contributed by atoms with van der Waals surface area (Å²) in [6.45, 7) is -0.0358. The van der Waals surface area contributed by atoms with Gasteiger partial charge in [0.2, 0.25) is 5.91 Å². The first-order valence-corrected chi connectivity index (χ1v) is 7.34. The summed E-state index contributed by atoms with van der Waals surface area (Å²) in [4.78, 5) is 35.9. The van der Waals surface area contributed by atoms with Gasteiger partial charge in [0.25, 0.3) is 11.8 Å². The monoisotopic (exact) mass is 317 g/mol. The molecule has 0 aromatic heterocycles. The largest absolute Gasteiger partial charge is 0.394 e. The summed E-state index contributed by atoms with van der Waals surface area (Å²) in [6, 6.07) is 7.07. The van der Waals surface area contributed by atoms with Gasteiger partial charge < -0.3 is 5.11 Å². The van der Waals surface area contributed by atoms with Crippen molar-refractivity contribution in [1.29, 1.82) is 0 Å². The highest BCUT2D eigenvalue weighted by molar-refractivity contribution is 6.28. The molecule has 1 aliphatic rings. The number of aryl methyl sites for hydroxylation is 1. The van der Waals surface area contributed by atoms with Crippen LogP contribution in [0.1, 0.15) is 18.4 Å². The number of carbonyl (C=O) groups is 3. The number of anilines is 1. The van der Waals surface area contributed by atoms with Gasteiger partial charge in [0.1, 0.15) is 0 Å². The predicted octanol–water partition coefficient (Wildman–Crippen LogP) is 0.133. The van der Waals surface area contributed by atoms with Crippen molar-refractivity contribution in [3.63, 3.8) is 0 Å². The molecule has 2 rings (SSSR count). The van der Waals surface area contributed by atoms with Crippen molar-refractivity contribution < 1.29 is 19.5 Å². The molecule has 7 heteroatoms. The molecule has 0 aliphatic carbocycles. The Kier molecular flexibility index (Phi) is 5.61. The SMILES string of the molecule is NN(CCO)C(=O)CCCc1ccc(N2C(=O)C=CC2=O)cc1. The maximum atomic E-state index is 11.6. The van der Waals surface area contributed by atoms with Crippen LogP contribution >= 0.6 is 0 Å². The molecule has 3 amide bonds. The van der Waals surface area contributed by atoms with E-state index in [1.807, 2.05) is 12.1 Å². The van der Waals surface area contributed by atoms with E-state index in [-0.39, 0.29) is 30.9 Å². The van der Waals surface area contributed by atoms with Crippen molar-refractivity contribution in [3.8, 4) is 0 Å². The Hall–Kier alpha value is -2.51. The lowest BCUT2D eigenvalue weighted by Gasteiger charge is -2.15. The molecule has 0 unspecified atom stereocenters. The Morgan fingerprint density at radius 3 is 2.30 bits per heavy atom. The van der Waals surface area contributed by atoms with Gasteiger partial charge in [-0.05, 0) is 30.5 Å². The van der Waals surface area contributed by atoms with Gasteiger partial charge in [0.05, 0.1) is 18.8 Å². The quantitative estimate of drug-likeness (QED) is 0.322. The number of aliphatic hydroxyl groups excluding tert-OH is 1. The molecule has 0 spiro atoms. The molecule has 0 saturated heterocycles. The van der Waals surface area contributed by atoms with E-state index in [1.165, 1.54) is 12.2 Å². The molecule has 1 aliphatic heterocycles. The molecule has 0 saturated carbocycles. The number of hydrogen-bond donors (Lipinski definition) is 2. The van der Waals surface area contributed by atoms with Crippen molar-refractivity contribution in [2.24, 2.45) is 5.84 Å². The minimum Gasteiger partial charge on any atom is -0.394 e. The molecule has 3 N–H and O–H groups in total. The van der Waals surface area contributed by atoms with Gasteiger partial charge in [-0.25, -0.2) is 10.7 Å². The number of nitrogens with two attached hydrogens (primary N) is 1. The molecule has 0 bridgehead atoms. The summed E-state index contributed by atoms with van der Waals surface area (Å²) in [7, 11) is 0. The summed E-state index contributed by atoms with van der Waals surface area (Å²) in [5.74, 6) is 4.56. The van der Waals surface area contributed by atoms with E-state index in [1.54, 1.807) is 12.1 Å². The number of benzene rings is 1. The van der Waals surface area contributed by atoms with Gasteiger partial charge in [-0.15, -0.1) is 0 Å². The molecule has 23 heavy (non-hydrogen) atoms. The predicted molar refractivity (Wildman–Crippen MR) is 84.0 cm³/mol. The summed E-state index contributed by atoms with van der Waals surface area (Å²) >= 11 is 0. The third-order valence-electron chi connectivity index (χ3n) is 3.52. The van der Waals surface area contributed by atoms with Crippen molar-refractivity contribution in [1.82, 2.24) is 5.01 Å². The number of hydrazine groups is 1. The summed E-state index contributed by atoms with van der Waals surface area (Å²) in [6.07, 6.45) is 4.09. The molecule has 0 atom stereocenters. The minimum atomic E-state index is -0.347. The van der Waals surface area contributed by atoms with E-state index in [0.717, 1.165) is 15.5 Å². The second-order valence-electron chi connectivity index (χ2n) is 5.18. The third-order valence-corrected chi connectivity index (χ3v) is 3.52. The van der Waals surface area contributed by atoms with Crippen LogP contribution in [0, 0.1) is 0 Å². The first-order chi connectivity index (χ1) is 11.0. The van der Waals surface area contributed by atoms with Crippen LogP contribution in [0.2, 0.25) is 0 Å². The Bertz CT molecular complexity index is 607. The zero-order valence-corrected chi connectivity index (χ0v) is 12.6. The average molecular weight is 317 g/mol. The van der Waals surface area contributed by atoms with Gasteiger partial charge in [0.15, 0.2) is 0 Å². The fourth-order valence-corrected chi connectivity index (χ4v) is 2.29. The summed E-state index contributed by atoms with van der Waals surface area (Å²) in [5.41, 5.74) is 1.53. The van der Waals surface area contributed by atoms with E-state index in [2.05, 4.69) is 0 Å². The van der Waals surface area contributed by atoms with Gasteiger partial charge in [-0.2, -0.15) is 0 Å². The standard InChI is InChI=1S/C16H19N3O4/c17-18(10-11-20)14(21)3-1-2-12-4-6-13(7-5-12)19-15(22)8-9-16(19)23/h4-9,20H,1-3,10-11,17H2. The van der Waals surface area contributed by atoms with E-state index < -0.39 is 0 Å². The second kappa shape index (κ2) is 7.66. The van der Waals surface area contributed by atoms with Gasteiger partial charge in [-0.3, -0.25) is 19.4 Å². The van der Waals surface area contributed by atoms with Gasteiger partial charge >= 0.3 is 0 Å². The zero-order chi connectivity index (χ0) is 16.8. The Morgan fingerprint density at radius 2 is 1.74 bits per heavy atom. The normalized spacial score (nSPS) is 13.7. The van der Waals surface area contributed by atoms with Crippen LogP contribution < -0.4 is 10.7 Å². The molecule has 1 aromatic carbocycles. The second-order valence-corrected chi connectivity index (χ2v) is 5.18. The number of carbonyl (C=O) groups excluding carboxylic acids is 3. The fraction of sp³-hybridized carbons (Fsp3) is 0.312. The van der Waals surface area contributed by atoms with Crippen molar-refractivity contribution in [2.75, 3.05) is 18.1 Å². The number of hydrogen-bond acceptors (Lipinski definition) is 5. The topological polar surface area (TPSA) is 104 Å². The minimum absolute atomic E-state index is 0.124. The Labute approximate surface area is 133 Å². The van der Waals surface area contributed by atoms with Crippen LogP contribution in [0.5, 0.6) is 0 Å². The van der Waals surface area contributed by atoms with Crippen molar-refractivity contribution in [3.05, 3.63) is 42.0 Å². The number of aliphatic hydroxyl groups is 1. The lowest BCUT2D eigenvalue weighted by molar-refractivity contribution is -0.132. The number of rotatable bonds is 7. The summed E-state index contributed by atoms with van der Waals surface area (Å²) < 4.78 is 0. The molecule has 0 radical (unpaired) electrons. The highest BCUT2D eigenvalue weighted by Crippen LogP contribution is 2.20. The average Bonchev–Trinajstić information content (AvgIpc) is 2.87. The van der Waals surface area contributed by atoms with Crippen LogP contribution in [0.3, 0.4) is 0 Å². The maximum Gasteiger partial charge on any atom is 0.258 e. The lowest BCUT2D eigenvalue weighted by Crippen LogP contribution is -2.39. The van der Waals surface area contributed by atoms with E-state index >= 15 is 0 Å². The zero-order valence-electron chi connectivity index (χ0n) is 12.6. The van der Waals surface area contributed by atoms with E-state index in [9.17, 15) is 14.4 Å². The smallest absolute Gasteiger partial charge is 0.258 e. The van der Waals surface area contributed by atoms with Crippen LogP contribution in [-0.2, 0) is 20.8 Å². The van der Waals surface area contributed by atoms with E-state index in [4.69, 9.17) is 10.9 Å². The first kappa shape index (κ1) is 16.9. The number of amides is 3. The highest BCUT2D eigenvalue weighted by atomic mass is 16.3. The van der Waals surface area contributed by atoms with Crippen LogP contribution in [-0.4, -0.2) is 41.0 Å². The first-order valence-electron chi connectivity index (χ1n) is 7.34. The van der Waals surface area contributed by atoms with Crippen LogP contribution in [0.15, 0.2) is 36.4 Å². The van der Waals surface area contributed by atoms with E-state index in [0.29, 0.717) is 24.9 Å². The Morgan fingerprint density at radius 1 is 1.13 bits per heavy atom. The molecule has 0 fully saturated rings. The molecule has 122 valence electrons. The van der Waals surface area contributed by atoms with Gasteiger partial charge in [0, 0.05) is 18.6 Å². The molecular weight excluding hydrogens is 298 g/mol. The van der Waals surface area contributed by atoms with Crippen molar-refractivity contribution in [2.45, 2.75) is 19.3 Å².